The Labute approximate surface area is 228 Å². The van der Waals surface area contributed by atoms with E-state index in [2.05, 4.69) is 12.2 Å². The van der Waals surface area contributed by atoms with Gasteiger partial charge in [0.1, 0.15) is 11.4 Å². The number of ether oxygens (including phenoxy) is 1. The number of benzene rings is 3. The number of nitrogens with zero attached hydrogens (tertiary/aromatic N) is 3. The van der Waals surface area contributed by atoms with E-state index in [9.17, 15) is 9.59 Å². The van der Waals surface area contributed by atoms with Crippen LogP contribution < -0.4 is 15.0 Å². The zero-order valence-electron chi connectivity index (χ0n) is 20.6. The van der Waals surface area contributed by atoms with Crippen LogP contribution in [0.15, 0.2) is 66.7 Å². The number of methoxy groups -OCH3 is 1. The molecule has 3 aliphatic rings. The van der Waals surface area contributed by atoms with Gasteiger partial charge >= 0.3 is 0 Å². The van der Waals surface area contributed by atoms with Crippen molar-refractivity contribution in [3.05, 3.63) is 99.3 Å². The Bertz CT molecular complexity index is 1690. The predicted octanol–water partition coefficient (Wildman–Crippen LogP) is 6.10. The Balaban J connectivity index is 1.61. The van der Waals surface area contributed by atoms with Crippen molar-refractivity contribution in [2.75, 3.05) is 17.3 Å². The van der Waals surface area contributed by atoms with Crippen LogP contribution in [-0.4, -0.2) is 28.7 Å². The largest absolute Gasteiger partial charge is 0.494 e. The number of amides is 2. The molecule has 3 heterocycles. The highest BCUT2D eigenvalue weighted by atomic mass is 35.5. The molecule has 1 saturated carbocycles. The van der Waals surface area contributed by atoms with Gasteiger partial charge in [-0.15, -0.1) is 0 Å². The fourth-order valence-corrected chi connectivity index (χ4v) is 6.26. The van der Waals surface area contributed by atoms with Crippen molar-refractivity contribution in [3.63, 3.8) is 0 Å². The number of aromatic nitrogens is 2. The summed E-state index contributed by atoms with van der Waals surface area (Å²) in [6.45, 7) is 2.14. The number of anilines is 2. The monoisotopic (exact) mass is 544 g/mol. The molecule has 1 fully saturated rings. The molecule has 3 aromatic carbocycles. The number of nitrogens with one attached hydrogen (secondary N) is 1. The molecule has 190 valence electrons. The van der Waals surface area contributed by atoms with E-state index in [4.69, 9.17) is 33.0 Å². The highest BCUT2D eigenvalue weighted by Crippen LogP contribution is 2.59. The van der Waals surface area contributed by atoms with Crippen molar-refractivity contribution >= 4 is 46.4 Å². The number of hydrogen-bond donors (Lipinski definition) is 1. The van der Waals surface area contributed by atoms with Crippen LogP contribution in [0.3, 0.4) is 0 Å². The maximum absolute atomic E-state index is 14.4. The van der Waals surface area contributed by atoms with Gasteiger partial charge in [0, 0.05) is 38.0 Å². The molecule has 1 atom stereocenters. The number of hydrogen-bond acceptors (Lipinski definition) is 4. The first-order chi connectivity index (χ1) is 18.3. The van der Waals surface area contributed by atoms with E-state index in [1.165, 1.54) is 4.90 Å². The quantitative estimate of drug-likeness (QED) is 0.337. The molecule has 1 spiro atoms. The average Bonchev–Trinajstić information content (AvgIpc) is 3.30. The van der Waals surface area contributed by atoms with Crippen molar-refractivity contribution in [2.24, 2.45) is 0 Å². The molecule has 1 unspecified atom stereocenters. The summed E-state index contributed by atoms with van der Waals surface area (Å²) in [6, 6.07) is 19.8. The summed E-state index contributed by atoms with van der Waals surface area (Å²) in [5, 5.41) is 8.85. The predicted molar refractivity (Wildman–Crippen MR) is 146 cm³/mol. The minimum absolute atomic E-state index is 0.233. The number of halogens is 2. The molecule has 4 aromatic rings. The van der Waals surface area contributed by atoms with Gasteiger partial charge in [0.25, 0.3) is 11.8 Å². The molecular formula is C29H22Cl2N4O3. The number of carbonyl (C=O) groups excluding carboxylic acids is 2. The van der Waals surface area contributed by atoms with Gasteiger partial charge in [0.15, 0.2) is 11.2 Å². The summed E-state index contributed by atoms with van der Waals surface area (Å²) in [4.78, 5) is 30.2. The first-order valence-corrected chi connectivity index (χ1v) is 13.0. The second-order valence-electron chi connectivity index (χ2n) is 10.2. The third kappa shape index (κ3) is 2.94. The highest BCUT2D eigenvalue weighted by molar-refractivity contribution is 6.32. The zero-order valence-corrected chi connectivity index (χ0v) is 22.1. The molecule has 2 amide bonds. The number of rotatable bonds is 4. The van der Waals surface area contributed by atoms with E-state index in [0.717, 1.165) is 18.5 Å². The molecule has 0 radical (unpaired) electrons. The first-order valence-electron chi connectivity index (χ1n) is 12.3. The van der Waals surface area contributed by atoms with Gasteiger partial charge in [-0.1, -0.05) is 54.4 Å². The maximum atomic E-state index is 14.4. The standard InChI is InChI=1S/C29H22Cl2N4O3/c1-28(12-13-28)25-23-24(33-35(25)21-8-3-4-9-22(21)38-2)26(36)34(18-7-5-6-16(30)14-18)29(23)19-11-10-17(31)15-20(19)32-27(29)37/h3-11,14-15H,12-13H2,1-2H3,(H,32,37). The summed E-state index contributed by atoms with van der Waals surface area (Å²) in [5.74, 6) is -0.0956. The fourth-order valence-electron chi connectivity index (χ4n) is 5.91. The molecule has 1 aliphatic carbocycles. The lowest BCUT2D eigenvalue weighted by molar-refractivity contribution is -0.119. The maximum Gasteiger partial charge on any atom is 0.280 e. The molecule has 7 rings (SSSR count). The Hall–Kier alpha value is -3.81. The van der Waals surface area contributed by atoms with Crippen molar-refractivity contribution < 1.29 is 14.3 Å². The smallest absolute Gasteiger partial charge is 0.280 e. The van der Waals surface area contributed by atoms with E-state index < -0.39 is 5.54 Å². The Morgan fingerprint density at radius 1 is 0.974 bits per heavy atom. The molecule has 1 aromatic heterocycles. The number of carbonyl (C=O) groups is 2. The Morgan fingerprint density at radius 3 is 2.47 bits per heavy atom. The number of fused-ring (bicyclic) bond motifs is 4. The normalized spacial score (nSPS) is 20.5. The van der Waals surface area contributed by atoms with Crippen LogP contribution in [0.25, 0.3) is 5.69 Å². The van der Waals surface area contributed by atoms with E-state index in [1.807, 2.05) is 30.3 Å². The minimum atomic E-state index is -1.49. The van der Waals surface area contributed by atoms with Crippen molar-refractivity contribution in [2.45, 2.75) is 30.7 Å². The van der Waals surface area contributed by atoms with Gasteiger partial charge in [-0.25, -0.2) is 4.68 Å². The van der Waals surface area contributed by atoms with Crippen LogP contribution in [-0.2, 0) is 15.7 Å². The van der Waals surface area contributed by atoms with Gasteiger partial charge in [0.2, 0.25) is 0 Å². The van der Waals surface area contributed by atoms with Gasteiger partial charge in [-0.05, 0) is 55.3 Å². The second-order valence-corrected chi connectivity index (χ2v) is 11.1. The summed E-state index contributed by atoms with van der Waals surface area (Å²) in [7, 11) is 1.60. The molecule has 0 bridgehead atoms. The molecule has 7 nitrogen and oxygen atoms in total. The van der Waals surface area contributed by atoms with E-state index in [1.54, 1.807) is 48.2 Å². The molecule has 9 heteroatoms. The lowest BCUT2D eigenvalue weighted by Gasteiger charge is -2.35. The Morgan fingerprint density at radius 2 is 1.74 bits per heavy atom. The van der Waals surface area contributed by atoms with Crippen LogP contribution in [0.5, 0.6) is 5.75 Å². The van der Waals surface area contributed by atoms with Crippen LogP contribution in [0.1, 0.15) is 47.1 Å². The van der Waals surface area contributed by atoms with Crippen LogP contribution in [0, 0.1) is 0 Å². The second kappa shape index (κ2) is 7.85. The lowest BCUT2D eigenvalue weighted by atomic mass is 9.80. The minimum Gasteiger partial charge on any atom is -0.494 e. The lowest BCUT2D eigenvalue weighted by Crippen LogP contribution is -2.51. The summed E-state index contributed by atoms with van der Waals surface area (Å²) in [6.07, 6.45) is 1.80. The van der Waals surface area contributed by atoms with E-state index >= 15 is 0 Å². The van der Waals surface area contributed by atoms with Gasteiger partial charge in [0.05, 0.1) is 12.8 Å². The van der Waals surface area contributed by atoms with Crippen LogP contribution >= 0.6 is 23.2 Å². The molecule has 0 saturated heterocycles. The topological polar surface area (TPSA) is 76.5 Å². The van der Waals surface area contributed by atoms with E-state index in [0.29, 0.717) is 44.0 Å². The number of para-hydroxylation sites is 2. The Kier molecular flexibility index (Phi) is 4.82. The van der Waals surface area contributed by atoms with Crippen LogP contribution in [0.2, 0.25) is 10.0 Å². The van der Waals surface area contributed by atoms with Crippen molar-refractivity contribution in [1.82, 2.24) is 9.78 Å². The van der Waals surface area contributed by atoms with Gasteiger partial charge in [-0.3, -0.25) is 14.5 Å². The molecule has 2 aliphatic heterocycles. The third-order valence-electron chi connectivity index (χ3n) is 7.89. The average molecular weight is 545 g/mol. The van der Waals surface area contributed by atoms with Crippen molar-refractivity contribution in [3.8, 4) is 11.4 Å². The summed E-state index contributed by atoms with van der Waals surface area (Å²) >= 11 is 12.7. The summed E-state index contributed by atoms with van der Waals surface area (Å²) < 4.78 is 7.46. The van der Waals surface area contributed by atoms with Crippen LogP contribution in [0.4, 0.5) is 11.4 Å². The van der Waals surface area contributed by atoms with E-state index in [-0.39, 0.29) is 22.9 Å². The fraction of sp³-hybridized carbons (Fsp3) is 0.207. The first kappa shape index (κ1) is 23.3. The van der Waals surface area contributed by atoms with Crippen molar-refractivity contribution in [1.29, 1.82) is 0 Å². The SMILES string of the molecule is COc1ccccc1-n1nc2c(c1C1(C)CC1)C1(C(=O)Nc3cc(Cl)ccc31)N(c1cccc(Cl)c1)C2=O. The van der Waals surface area contributed by atoms with Gasteiger partial charge in [-0.2, -0.15) is 5.10 Å². The summed E-state index contributed by atoms with van der Waals surface area (Å²) in [5.41, 5.74) is 2.30. The molecule has 38 heavy (non-hydrogen) atoms. The highest BCUT2D eigenvalue weighted by Gasteiger charge is 2.65. The zero-order chi connectivity index (χ0) is 26.4. The third-order valence-corrected chi connectivity index (χ3v) is 8.36. The van der Waals surface area contributed by atoms with Gasteiger partial charge < -0.3 is 10.1 Å². The molecular weight excluding hydrogens is 523 g/mol. The molecule has 1 N–H and O–H groups in total.